The first-order chi connectivity index (χ1) is 24.4. The zero-order chi connectivity index (χ0) is 34.5. The van der Waals surface area contributed by atoms with Crippen molar-refractivity contribution in [3.05, 3.63) is 55.0 Å². The molecule has 0 spiro atoms. The minimum Gasteiger partial charge on any atom is -0.487 e. The normalized spacial score (nSPS) is 24.8. The molecule has 50 heavy (non-hydrogen) atoms. The number of hydrogen-bond acceptors (Lipinski definition) is 12. The van der Waals surface area contributed by atoms with Gasteiger partial charge in [0.05, 0.1) is 49.8 Å². The van der Waals surface area contributed by atoms with E-state index in [1.807, 2.05) is 25.3 Å². The van der Waals surface area contributed by atoms with E-state index in [0.29, 0.717) is 60.9 Å². The topological polar surface area (TPSA) is 150 Å². The summed E-state index contributed by atoms with van der Waals surface area (Å²) in [5, 5.41) is 22.1. The molecule has 0 amide bonds. The monoisotopic (exact) mass is 682 g/mol. The standard InChI is InChI=1S/C36H46N10O4/c1-24-16-44(17-25(2)49-24)31-6-8-32(9-7-31)46-19-33(35(43-46)48-21-27-10-11-47-20-27)42-36-39-14-30(15-40-36)28-4-5-29(13-37)34(12-28)50-26(3)18-45-23-38-22-41-45/h4-5,12,14-15,19,22-27,31-32H,6-11,16-18,20-21H2,1-3H3,(H,39,40,42)/t24-,25+,26-,27?,31?,32?/m0/s1. The Morgan fingerprint density at radius 3 is 2.52 bits per heavy atom. The van der Waals surface area contributed by atoms with Crippen molar-refractivity contribution in [3.8, 4) is 28.8 Å². The minimum absolute atomic E-state index is 0.229. The fourth-order valence-corrected chi connectivity index (χ4v) is 7.27. The van der Waals surface area contributed by atoms with Gasteiger partial charge in [0.2, 0.25) is 5.95 Å². The largest absolute Gasteiger partial charge is 0.487 e. The second kappa shape index (κ2) is 15.5. The van der Waals surface area contributed by atoms with Crippen LogP contribution in [0.5, 0.6) is 11.6 Å². The molecule has 14 heteroatoms. The predicted octanol–water partition coefficient (Wildman–Crippen LogP) is 5.02. The Morgan fingerprint density at radius 2 is 1.82 bits per heavy atom. The molecular formula is C36H46N10O4. The number of aromatic nitrogens is 7. The van der Waals surface area contributed by atoms with Crippen LogP contribution in [-0.4, -0.2) is 96.7 Å². The first kappa shape index (κ1) is 33.9. The van der Waals surface area contributed by atoms with E-state index in [9.17, 15) is 5.26 Å². The number of hydrogen-bond donors (Lipinski definition) is 1. The summed E-state index contributed by atoms with van der Waals surface area (Å²) in [5.41, 5.74) is 2.82. The van der Waals surface area contributed by atoms with Crippen molar-refractivity contribution in [2.45, 2.75) is 89.8 Å². The van der Waals surface area contributed by atoms with E-state index in [-0.39, 0.29) is 18.3 Å². The SMILES string of the molecule is C[C@@H]1CN(C2CCC(n3cc(Nc4ncc(-c5ccc(C#N)c(O[C@@H](C)Cn6cncn6)c5)cn4)c(OCC4CCOC4)n3)CC2)C[C@H](C)O1. The van der Waals surface area contributed by atoms with Gasteiger partial charge in [0.25, 0.3) is 5.88 Å². The summed E-state index contributed by atoms with van der Waals surface area (Å²) >= 11 is 0. The molecule has 4 aromatic rings. The molecule has 14 nitrogen and oxygen atoms in total. The van der Waals surface area contributed by atoms with E-state index in [1.54, 1.807) is 29.5 Å². The molecule has 5 heterocycles. The van der Waals surface area contributed by atoms with Crippen LogP contribution in [0.2, 0.25) is 0 Å². The van der Waals surface area contributed by atoms with Crippen molar-refractivity contribution >= 4 is 11.6 Å². The number of anilines is 2. The molecule has 4 atom stereocenters. The first-order valence-electron chi connectivity index (χ1n) is 17.7. The fraction of sp³-hybridized carbons (Fsp3) is 0.556. The first-order valence-corrected chi connectivity index (χ1v) is 17.7. The lowest BCUT2D eigenvalue weighted by Gasteiger charge is -2.42. The number of nitriles is 1. The van der Waals surface area contributed by atoms with Crippen molar-refractivity contribution in [1.82, 2.24) is 39.4 Å². The molecule has 264 valence electrons. The summed E-state index contributed by atoms with van der Waals surface area (Å²) in [6.45, 7) is 10.8. The van der Waals surface area contributed by atoms with Gasteiger partial charge in [-0.1, -0.05) is 6.07 Å². The van der Waals surface area contributed by atoms with Gasteiger partial charge in [0.1, 0.15) is 36.3 Å². The minimum atomic E-state index is -0.229. The summed E-state index contributed by atoms with van der Waals surface area (Å²) in [7, 11) is 0. The van der Waals surface area contributed by atoms with E-state index >= 15 is 0 Å². The number of nitrogens with one attached hydrogen (secondary N) is 1. The smallest absolute Gasteiger partial charge is 0.256 e. The van der Waals surface area contributed by atoms with E-state index < -0.39 is 0 Å². The van der Waals surface area contributed by atoms with Crippen molar-refractivity contribution in [1.29, 1.82) is 5.26 Å². The van der Waals surface area contributed by atoms with Crippen molar-refractivity contribution in [3.63, 3.8) is 0 Å². The molecule has 3 fully saturated rings. The van der Waals surface area contributed by atoms with E-state index in [0.717, 1.165) is 68.6 Å². The van der Waals surface area contributed by atoms with Crippen LogP contribution in [-0.2, 0) is 16.0 Å². The molecule has 1 unspecified atom stereocenters. The molecule has 0 bridgehead atoms. The molecule has 3 aromatic heterocycles. The molecule has 3 aliphatic rings. The Hall–Kier alpha value is -4.58. The second-order valence-corrected chi connectivity index (χ2v) is 13.8. The van der Waals surface area contributed by atoms with E-state index in [4.69, 9.17) is 24.0 Å². The van der Waals surface area contributed by atoms with Crippen LogP contribution in [0.1, 0.15) is 64.5 Å². The molecule has 1 N–H and O–H groups in total. The lowest BCUT2D eigenvalue weighted by molar-refractivity contribution is -0.0852. The molecule has 1 aromatic carbocycles. The lowest BCUT2D eigenvalue weighted by atomic mass is 9.89. The van der Waals surface area contributed by atoms with Gasteiger partial charge in [-0.25, -0.2) is 19.6 Å². The summed E-state index contributed by atoms with van der Waals surface area (Å²) in [4.78, 5) is 15.9. The van der Waals surface area contributed by atoms with Gasteiger partial charge < -0.3 is 24.3 Å². The van der Waals surface area contributed by atoms with E-state index in [1.165, 1.54) is 6.33 Å². The Balaban J connectivity index is 1.03. The highest BCUT2D eigenvalue weighted by atomic mass is 16.5. The van der Waals surface area contributed by atoms with Crippen LogP contribution in [0.3, 0.4) is 0 Å². The third-order valence-electron chi connectivity index (χ3n) is 9.76. The second-order valence-electron chi connectivity index (χ2n) is 13.8. The predicted molar refractivity (Wildman–Crippen MR) is 185 cm³/mol. The summed E-state index contributed by atoms with van der Waals surface area (Å²) in [5.74, 6) is 1.83. The van der Waals surface area contributed by atoms with Gasteiger partial charge in [0.15, 0.2) is 0 Å². The third kappa shape index (κ3) is 8.23. The van der Waals surface area contributed by atoms with Crippen LogP contribution < -0.4 is 14.8 Å². The number of morpholine rings is 1. The van der Waals surface area contributed by atoms with Crippen LogP contribution in [0.4, 0.5) is 11.6 Å². The molecule has 1 aliphatic carbocycles. The summed E-state index contributed by atoms with van der Waals surface area (Å²) < 4.78 is 27.8. The van der Waals surface area contributed by atoms with Gasteiger partial charge in [-0.3, -0.25) is 9.58 Å². The highest BCUT2D eigenvalue weighted by molar-refractivity contribution is 5.67. The molecule has 2 saturated heterocycles. The number of ether oxygens (including phenoxy) is 4. The zero-order valence-electron chi connectivity index (χ0n) is 29.0. The highest BCUT2D eigenvalue weighted by Gasteiger charge is 2.32. The quantitative estimate of drug-likeness (QED) is 0.214. The average molecular weight is 683 g/mol. The molecule has 0 radical (unpaired) electrons. The maximum absolute atomic E-state index is 9.70. The molecule has 2 aliphatic heterocycles. The van der Waals surface area contributed by atoms with Gasteiger partial charge in [0, 0.05) is 49.6 Å². The maximum atomic E-state index is 9.70. The fourth-order valence-electron chi connectivity index (χ4n) is 7.27. The number of nitrogens with zero attached hydrogens (tertiary/aromatic N) is 9. The zero-order valence-corrected chi connectivity index (χ0v) is 29.0. The van der Waals surface area contributed by atoms with Gasteiger partial charge in [-0.15, -0.1) is 5.10 Å². The van der Waals surface area contributed by atoms with Crippen LogP contribution in [0.15, 0.2) is 49.4 Å². The maximum Gasteiger partial charge on any atom is 0.256 e. The lowest BCUT2D eigenvalue weighted by Crippen LogP contribution is -2.51. The van der Waals surface area contributed by atoms with Crippen LogP contribution >= 0.6 is 0 Å². The summed E-state index contributed by atoms with van der Waals surface area (Å²) in [6.07, 6.45) is 14.4. The van der Waals surface area contributed by atoms with Crippen molar-refractivity contribution in [2.24, 2.45) is 5.92 Å². The Bertz CT molecular complexity index is 1720. The van der Waals surface area contributed by atoms with Crippen LogP contribution in [0.25, 0.3) is 11.1 Å². The van der Waals surface area contributed by atoms with Gasteiger partial charge in [-0.2, -0.15) is 10.4 Å². The third-order valence-corrected chi connectivity index (χ3v) is 9.76. The molecule has 1 saturated carbocycles. The van der Waals surface area contributed by atoms with Crippen molar-refractivity contribution < 1.29 is 18.9 Å². The van der Waals surface area contributed by atoms with Crippen LogP contribution in [0, 0.1) is 17.2 Å². The highest BCUT2D eigenvalue weighted by Crippen LogP contribution is 2.36. The summed E-state index contributed by atoms with van der Waals surface area (Å²) in [6, 6.07) is 8.57. The van der Waals surface area contributed by atoms with E-state index in [2.05, 4.69) is 54.9 Å². The number of rotatable bonds is 12. The van der Waals surface area contributed by atoms with Gasteiger partial charge in [-0.05, 0) is 70.6 Å². The number of benzene rings is 1. The van der Waals surface area contributed by atoms with Gasteiger partial charge >= 0.3 is 0 Å². The molecule has 7 rings (SSSR count). The Morgan fingerprint density at radius 1 is 1.04 bits per heavy atom. The van der Waals surface area contributed by atoms with Crippen molar-refractivity contribution in [2.75, 3.05) is 38.2 Å². The Labute approximate surface area is 292 Å². The Kier molecular flexibility index (Phi) is 10.5. The average Bonchev–Trinajstić information content (AvgIpc) is 3.91. The molecular weight excluding hydrogens is 636 g/mol.